The molecule has 0 aromatic rings. The molecule has 2 fully saturated rings. The van der Waals surface area contributed by atoms with Crippen LogP contribution in [0.25, 0.3) is 0 Å². The molecule has 5 nitrogen and oxygen atoms in total. The highest BCUT2D eigenvalue weighted by Gasteiger charge is 2.46. The lowest BCUT2D eigenvalue weighted by Crippen LogP contribution is -2.56. The standard InChI is InChI=1S/C15H25NO4/c1-14(2,3)15(4,16)13(18)20-10-5-6-11-9(7-10)8-19-12(11)17/h9-11H,5-8,16H2,1-4H3/t9?,10?,11-,15?/m1/s1. The maximum Gasteiger partial charge on any atom is 0.326 e. The Balaban J connectivity index is 1.95. The molecule has 4 atom stereocenters. The monoisotopic (exact) mass is 283 g/mol. The zero-order chi connectivity index (χ0) is 15.1. The summed E-state index contributed by atoms with van der Waals surface area (Å²) < 4.78 is 10.7. The molecule has 0 bridgehead atoms. The lowest BCUT2D eigenvalue weighted by atomic mass is 9.75. The zero-order valence-electron chi connectivity index (χ0n) is 12.8. The molecule has 1 saturated carbocycles. The van der Waals surface area contributed by atoms with Crippen molar-refractivity contribution in [3.8, 4) is 0 Å². The Morgan fingerprint density at radius 2 is 1.95 bits per heavy atom. The highest BCUT2D eigenvalue weighted by atomic mass is 16.6. The third-order valence-corrected chi connectivity index (χ3v) is 4.93. The Bertz CT molecular complexity index is 411. The molecule has 5 heteroatoms. The summed E-state index contributed by atoms with van der Waals surface area (Å²) in [6, 6.07) is 0. The molecule has 2 N–H and O–H groups in total. The summed E-state index contributed by atoms with van der Waals surface area (Å²) in [4.78, 5) is 23.8. The highest BCUT2D eigenvalue weighted by Crippen LogP contribution is 2.38. The quantitative estimate of drug-likeness (QED) is 0.779. The second-order valence-corrected chi connectivity index (χ2v) is 7.29. The van der Waals surface area contributed by atoms with E-state index in [1.165, 1.54) is 0 Å². The first kappa shape index (κ1) is 15.3. The van der Waals surface area contributed by atoms with Crippen LogP contribution >= 0.6 is 0 Å². The van der Waals surface area contributed by atoms with E-state index in [1.54, 1.807) is 6.92 Å². The Morgan fingerprint density at radius 1 is 1.30 bits per heavy atom. The number of fused-ring (bicyclic) bond motifs is 1. The molecule has 3 unspecified atom stereocenters. The van der Waals surface area contributed by atoms with Crippen molar-refractivity contribution in [2.75, 3.05) is 6.61 Å². The largest absolute Gasteiger partial charge is 0.465 e. The minimum Gasteiger partial charge on any atom is -0.465 e. The van der Waals surface area contributed by atoms with Crippen molar-refractivity contribution in [3.05, 3.63) is 0 Å². The minimum absolute atomic E-state index is 0.00294. The molecule has 2 rings (SSSR count). The van der Waals surface area contributed by atoms with Gasteiger partial charge < -0.3 is 15.2 Å². The van der Waals surface area contributed by atoms with Crippen LogP contribution in [0.15, 0.2) is 0 Å². The molecule has 1 saturated heterocycles. The number of esters is 2. The number of hydrogen-bond acceptors (Lipinski definition) is 5. The lowest BCUT2D eigenvalue weighted by Gasteiger charge is -2.38. The number of rotatable bonds is 2. The van der Waals surface area contributed by atoms with Gasteiger partial charge in [-0.1, -0.05) is 20.8 Å². The molecule has 1 aliphatic carbocycles. The van der Waals surface area contributed by atoms with Crippen molar-refractivity contribution in [2.45, 2.75) is 58.6 Å². The van der Waals surface area contributed by atoms with Gasteiger partial charge in [0.2, 0.25) is 0 Å². The van der Waals surface area contributed by atoms with Crippen molar-refractivity contribution in [3.63, 3.8) is 0 Å². The first-order valence-electron chi connectivity index (χ1n) is 7.29. The normalized spacial score (nSPS) is 33.0. The SMILES string of the molecule is CC(C)(C)C(C)(N)C(=O)OC1CC[C@H]2C(=O)OCC2C1. The molecular weight excluding hydrogens is 258 g/mol. The lowest BCUT2D eigenvalue weighted by molar-refractivity contribution is -0.162. The van der Waals surface area contributed by atoms with Crippen molar-refractivity contribution in [1.82, 2.24) is 0 Å². The van der Waals surface area contributed by atoms with Crippen molar-refractivity contribution in [2.24, 2.45) is 23.0 Å². The summed E-state index contributed by atoms with van der Waals surface area (Å²) >= 11 is 0. The van der Waals surface area contributed by atoms with Gasteiger partial charge in [0.25, 0.3) is 0 Å². The van der Waals surface area contributed by atoms with E-state index in [2.05, 4.69) is 0 Å². The average molecular weight is 283 g/mol. The summed E-state index contributed by atoms with van der Waals surface area (Å²) in [5, 5.41) is 0. The zero-order valence-corrected chi connectivity index (χ0v) is 12.8. The Morgan fingerprint density at radius 3 is 2.55 bits per heavy atom. The molecule has 1 heterocycles. The van der Waals surface area contributed by atoms with Crippen LogP contribution < -0.4 is 5.73 Å². The molecule has 2 aliphatic rings. The van der Waals surface area contributed by atoms with Crippen LogP contribution in [0.5, 0.6) is 0 Å². The predicted molar refractivity (Wildman–Crippen MR) is 73.7 cm³/mol. The molecule has 0 aromatic heterocycles. The molecule has 0 radical (unpaired) electrons. The molecule has 0 spiro atoms. The van der Waals surface area contributed by atoms with E-state index in [1.807, 2.05) is 20.8 Å². The van der Waals surface area contributed by atoms with Crippen LogP contribution in [0.3, 0.4) is 0 Å². The fourth-order valence-corrected chi connectivity index (χ4v) is 2.70. The Labute approximate surface area is 120 Å². The van der Waals surface area contributed by atoms with Crippen LogP contribution in [0, 0.1) is 17.3 Å². The van der Waals surface area contributed by atoms with E-state index in [0.29, 0.717) is 19.4 Å². The van der Waals surface area contributed by atoms with E-state index in [4.69, 9.17) is 15.2 Å². The van der Waals surface area contributed by atoms with Gasteiger partial charge in [-0.3, -0.25) is 9.59 Å². The second-order valence-electron chi connectivity index (χ2n) is 7.29. The molecule has 0 amide bonds. The van der Waals surface area contributed by atoms with Crippen LogP contribution in [-0.4, -0.2) is 30.2 Å². The molecule has 114 valence electrons. The second kappa shape index (κ2) is 5.02. The molecule has 0 aromatic carbocycles. The van der Waals surface area contributed by atoms with E-state index in [-0.39, 0.29) is 35.3 Å². The summed E-state index contributed by atoms with van der Waals surface area (Å²) in [5.74, 6) is -0.277. The number of nitrogens with two attached hydrogens (primary N) is 1. The van der Waals surface area contributed by atoms with Gasteiger partial charge >= 0.3 is 11.9 Å². The maximum absolute atomic E-state index is 12.3. The fourth-order valence-electron chi connectivity index (χ4n) is 2.70. The van der Waals surface area contributed by atoms with Gasteiger partial charge in [-0.25, -0.2) is 0 Å². The van der Waals surface area contributed by atoms with Gasteiger partial charge in [0, 0.05) is 5.92 Å². The number of carbonyl (C=O) groups is 2. The number of carbonyl (C=O) groups excluding carboxylic acids is 2. The Kier molecular flexibility index (Phi) is 3.84. The van der Waals surface area contributed by atoms with Crippen LogP contribution in [0.1, 0.15) is 47.0 Å². The van der Waals surface area contributed by atoms with Crippen LogP contribution in [0.2, 0.25) is 0 Å². The summed E-state index contributed by atoms with van der Waals surface area (Å²) in [6.45, 7) is 7.94. The molecule has 20 heavy (non-hydrogen) atoms. The fraction of sp³-hybridized carbons (Fsp3) is 0.867. The van der Waals surface area contributed by atoms with Gasteiger partial charge in [0.15, 0.2) is 0 Å². The summed E-state index contributed by atoms with van der Waals surface area (Å²) in [5.41, 5.74) is 4.74. The van der Waals surface area contributed by atoms with E-state index >= 15 is 0 Å². The van der Waals surface area contributed by atoms with Crippen molar-refractivity contribution < 1.29 is 19.1 Å². The number of hydrogen-bond donors (Lipinski definition) is 1. The van der Waals surface area contributed by atoms with E-state index < -0.39 is 5.54 Å². The van der Waals surface area contributed by atoms with Crippen molar-refractivity contribution >= 4 is 11.9 Å². The topological polar surface area (TPSA) is 78.6 Å². The maximum atomic E-state index is 12.3. The summed E-state index contributed by atoms with van der Waals surface area (Å²) in [7, 11) is 0. The predicted octanol–water partition coefficient (Wildman–Crippen LogP) is 1.63. The van der Waals surface area contributed by atoms with Crippen LogP contribution in [-0.2, 0) is 19.1 Å². The van der Waals surface area contributed by atoms with Gasteiger partial charge in [0.05, 0.1) is 12.5 Å². The van der Waals surface area contributed by atoms with Gasteiger partial charge in [-0.05, 0) is 31.6 Å². The smallest absolute Gasteiger partial charge is 0.326 e. The van der Waals surface area contributed by atoms with E-state index in [9.17, 15) is 9.59 Å². The number of ether oxygens (including phenoxy) is 2. The summed E-state index contributed by atoms with van der Waals surface area (Å²) in [6.07, 6.45) is 1.99. The number of cyclic esters (lactones) is 1. The van der Waals surface area contributed by atoms with Crippen molar-refractivity contribution in [1.29, 1.82) is 0 Å². The first-order valence-corrected chi connectivity index (χ1v) is 7.29. The van der Waals surface area contributed by atoms with E-state index in [0.717, 1.165) is 6.42 Å². The first-order chi connectivity index (χ1) is 9.13. The van der Waals surface area contributed by atoms with Crippen LogP contribution in [0.4, 0.5) is 0 Å². The van der Waals surface area contributed by atoms with Gasteiger partial charge in [-0.2, -0.15) is 0 Å². The third kappa shape index (κ3) is 2.68. The Hall–Kier alpha value is -1.10. The van der Waals surface area contributed by atoms with Gasteiger partial charge in [0.1, 0.15) is 11.6 Å². The molecule has 1 aliphatic heterocycles. The minimum atomic E-state index is -1.02. The molecular formula is C15H25NO4. The van der Waals surface area contributed by atoms with Gasteiger partial charge in [-0.15, -0.1) is 0 Å². The highest BCUT2D eigenvalue weighted by molar-refractivity contribution is 5.81. The average Bonchev–Trinajstić information content (AvgIpc) is 2.69. The third-order valence-electron chi connectivity index (χ3n) is 4.93.